The van der Waals surface area contributed by atoms with Crippen LogP contribution in [0, 0.1) is 0 Å². The van der Waals surface area contributed by atoms with Crippen LogP contribution in [-0.2, 0) is 4.74 Å². The van der Waals surface area contributed by atoms with Gasteiger partial charge in [-0.05, 0) is 17.2 Å². The number of hydrogen-bond acceptors (Lipinski definition) is 2. The van der Waals surface area contributed by atoms with Gasteiger partial charge in [0.15, 0.2) is 0 Å². The molecule has 2 rings (SSSR count). The first kappa shape index (κ1) is 10.1. The summed E-state index contributed by atoms with van der Waals surface area (Å²) in [7, 11) is 1.63. The standard InChI is InChI=1S/C13H15NO/c1-15-13(14)9-7-12(8-10-13)11-5-3-2-4-6-11/h2-9H,10,14H2,1H3. The highest BCUT2D eigenvalue weighted by molar-refractivity contribution is 5.75. The number of allylic oxidation sites excluding steroid dienone is 2. The van der Waals surface area contributed by atoms with Gasteiger partial charge in [-0.25, -0.2) is 0 Å². The highest BCUT2D eigenvalue weighted by Crippen LogP contribution is 2.25. The largest absolute Gasteiger partial charge is 0.360 e. The van der Waals surface area contributed by atoms with Crippen LogP contribution < -0.4 is 5.73 Å². The van der Waals surface area contributed by atoms with E-state index in [0.717, 1.165) is 0 Å². The molecule has 1 atom stereocenters. The molecule has 0 heterocycles. The summed E-state index contributed by atoms with van der Waals surface area (Å²) in [5.41, 5.74) is 7.74. The lowest BCUT2D eigenvalue weighted by Gasteiger charge is -2.26. The first-order valence-corrected chi connectivity index (χ1v) is 5.02. The second kappa shape index (κ2) is 4.01. The monoisotopic (exact) mass is 201 g/mol. The minimum absolute atomic E-state index is 0.627. The second-order valence-corrected chi connectivity index (χ2v) is 3.72. The van der Waals surface area contributed by atoms with Crippen LogP contribution in [0.3, 0.4) is 0 Å². The predicted molar refractivity (Wildman–Crippen MR) is 62.1 cm³/mol. The molecular weight excluding hydrogens is 186 g/mol. The molecule has 0 bridgehead atoms. The molecular formula is C13H15NO. The molecule has 0 amide bonds. The van der Waals surface area contributed by atoms with Gasteiger partial charge in [-0.3, -0.25) is 5.73 Å². The molecule has 15 heavy (non-hydrogen) atoms. The molecule has 0 aliphatic heterocycles. The zero-order valence-corrected chi connectivity index (χ0v) is 8.81. The van der Waals surface area contributed by atoms with Crippen LogP contribution >= 0.6 is 0 Å². The van der Waals surface area contributed by atoms with E-state index in [2.05, 4.69) is 18.2 Å². The summed E-state index contributed by atoms with van der Waals surface area (Å²) in [6.45, 7) is 0. The summed E-state index contributed by atoms with van der Waals surface area (Å²) >= 11 is 0. The Labute approximate surface area is 90.1 Å². The summed E-state index contributed by atoms with van der Waals surface area (Å²) in [6.07, 6.45) is 6.75. The van der Waals surface area contributed by atoms with Crippen molar-refractivity contribution in [1.82, 2.24) is 0 Å². The van der Waals surface area contributed by atoms with Crippen LogP contribution in [0.1, 0.15) is 12.0 Å². The molecule has 78 valence electrons. The van der Waals surface area contributed by atoms with Crippen molar-refractivity contribution in [2.75, 3.05) is 7.11 Å². The van der Waals surface area contributed by atoms with E-state index in [0.29, 0.717) is 6.42 Å². The second-order valence-electron chi connectivity index (χ2n) is 3.72. The number of ether oxygens (including phenoxy) is 1. The minimum atomic E-state index is -0.627. The van der Waals surface area contributed by atoms with Crippen LogP contribution in [0.15, 0.2) is 48.6 Å². The van der Waals surface area contributed by atoms with Gasteiger partial charge in [0.05, 0.1) is 0 Å². The maximum Gasteiger partial charge on any atom is 0.139 e. The van der Waals surface area contributed by atoms with Crippen molar-refractivity contribution in [3.63, 3.8) is 0 Å². The Bertz CT molecular complexity index is 394. The Hall–Kier alpha value is -1.38. The number of rotatable bonds is 2. The van der Waals surface area contributed by atoms with Crippen molar-refractivity contribution in [2.24, 2.45) is 5.73 Å². The maximum atomic E-state index is 5.95. The lowest BCUT2D eigenvalue weighted by atomic mass is 9.95. The van der Waals surface area contributed by atoms with Gasteiger partial charge in [-0.15, -0.1) is 0 Å². The third kappa shape index (κ3) is 2.17. The smallest absolute Gasteiger partial charge is 0.139 e. The number of methoxy groups -OCH3 is 1. The Morgan fingerprint density at radius 1 is 1.27 bits per heavy atom. The van der Waals surface area contributed by atoms with E-state index in [-0.39, 0.29) is 0 Å². The fourth-order valence-corrected chi connectivity index (χ4v) is 1.63. The number of hydrogen-bond donors (Lipinski definition) is 1. The van der Waals surface area contributed by atoms with Crippen molar-refractivity contribution in [2.45, 2.75) is 12.1 Å². The molecule has 2 N–H and O–H groups in total. The molecule has 1 aliphatic rings. The molecule has 1 unspecified atom stereocenters. The van der Waals surface area contributed by atoms with E-state index in [1.54, 1.807) is 7.11 Å². The first-order valence-electron chi connectivity index (χ1n) is 5.02. The maximum absolute atomic E-state index is 5.95. The average molecular weight is 201 g/mol. The number of benzene rings is 1. The van der Waals surface area contributed by atoms with Crippen molar-refractivity contribution in [1.29, 1.82) is 0 Å². The summed E-state index contributed by atoms with van der Waals surface area (Å²) in [6, 6.07) is 10.3. The normalized spacial score (nSPS) is 25.1. The molecule has 0 saturated heterocycles. The zero-order chi connectivity index (χ0) is 10.7. The van der Waals surface area contributed by atoms with Gasteiger partial charge in [0.2, 0.25) is 0 Å². The molecule has 0 radical (unpaired) electrons. The fraction of sp³-hybridized carbons (Fsp3) is 0.231. The lowest BCUT2D eigenvalue weighted by Crippen LogP contribution is -2.39. The molecule has 2 nitrogen and oxygen atoms in total. The van der Waals surface area contributed by atoms with Crippen molar-refractivity contribution >= 4 is 5.57 Å². The van der Waals surface area contributed by atoms with Crippen LogP contribution in [0.5, 0.6) is 0 Å². The van der Waals surface area contributed by atoms with Gasteiger partial charge >= 0.3 is 0 Å². The molecule has 1 aliphatic carbocycles. The van der Waals surface area contributed by atoms with Crippen LogP contribution in [0.4, 0.5) is 0 Å². The van der Waals surface area contributed by atoms with E-state index in [1.165, 1.54) is 11.1 Å². The average Bonchev–Trinajstić information content (AvgIpc) is 2.31. The van der Waals surface area contributed by atoms with Gasteiger partial charge in [0, 0.05) is 13.5 Å². The van der Waals surface area contributed by atoms with Crippen LogP contribution in [0.2, 0.25) is 0 Å². The molecule has 2 heteroatoms. The quantitative estimate of drug-likeness (QED) is 0.745. The molecule has 0 saturated carbocycles. The van der Waals surface area contributed by atoms with Crippen molar-refractivity contribution < 1.29 is 4.74 Å². The summed E-state index contributed by atoms with van der Waals surface area (Å²) in [5, 5.41) is 0. The zero-order valence-electron chi connectivity index (χ0n) is 8.81. The highest BCUT2D eigenvalue weighted by atomic mass is 16.5. The molecule has 0 fully saturated rings. The van der Waals surface area contributed by atoms with E-state index in [1.807, 2.05) is 30.4 Å². The van der Waals surface area contributed by atoms with E-state index >= 15 is 0 Å². The fourth-order valence-electron chi connectivity index (χ4n) is 1.63. The van der Waals surface area contributed by atoms with Crippen molar-refractivity contribution in [3.8, 4) is 0 Å². The van der Waals surface area contributed by atoms with Crippen LogP contribution in [-0.4, -0.2) is 12.8 Å². The van der Waals surface area contributed by atoms with Crippen molar-refractivity contribution in [3.05, 3.63) is 54.1 Å². The van der Waals surface area contributed by atoms with Gasteiger partial charge in [-0.2, -0.15) is 0 Å². The van der Waals surface area contributed by atoms with Gasteiger partial charge < -0.3 is 4.74 Å². The molecule has 1 aromatic rings. The molecule has 1 aromatic carbocycles. The van der Waals surface area contributed by atoms with E-state index in [9.17, 15) is 0 Å². The van der Waals surface area contributed by atoms with Gasteiger partial charge in [0.25, 0.3) is 0 Å². The third-order valence-electron chi connectivity index (χ3n) is 2.67. The van der Waals surface area contributed by atoms with E-state index < -0.39 is 5.72 Å². The molecule has 0 aromatic heterocycles. The Kier molecular flexibility index (Phi) is 2.71. The summed E-state index contributed by atoms with van der Waals surface area (Å²) in [5.74, 6) is 0. The third-order valence-corrected chi connectivity index (χ3v) is 2.67. The van der Waals surface area contributed by atoms with E-state index in [4.69, 9.17) is 10.5 Å². The first-order chi connectivity index (χ1) is 7.23. The predicted octanol–water partition coefficient (Wildman–Crippen LogP) is 2.33. The minimum Gasteiger partial charge on any atom is -0.360 e. The highest BCUT2D eigenvalue weighted by Gasteiger charge is 2.22. The molecule has 0 spiro atoms. The van der Waals surface area contributed by atoms with Gasteiger partial charge in [0.1, 0.15) is 5.72 Å². The topological polar surface area (TPSA) is 35.2 Å². The number of nitrogens with two attached hydrogens (primary N) is 1. The Morgan fingerprint density at radius 2 is 2.00 bits per heavy atom. The summed E-state index contributed by atoms with van der Waals surface area (Å²) in [4.78, 5) is 0. The summed E-state index contributed by atoms with van der Waals surface area (Å²) < 4.78 is 5.21. The Morgan fingerprint density at radius 3 is 2.53 bits per heavy atom. The lowest BCUT2D eigenvalue weighted by molar-refractivity contribution is 0.0399. The SMILES string of the molecule is COC1(N)C=CC(c2ccccc2)=CC1. The van der Waals surface area contributed by atoms with Crippen LogP contribution in [0.25, 0.3) is 5.57 Å². The Balaban J connectivity index is 2.20. The van der Waals surface area contributed by atoms with Gasteiger partial charge in [-0.1, -0.05) is 42.5 Å².